The van der Waals surface area contributed by atoms with Gasteiger partial charge in [-0.05, 0) is 12.1 Å². The van der Waals surface area contributed by atoms with E-state index in [1.165, 1.54) is 11.4 Å². The molecule has 0 bridgehead atoms. The Bertz CT molecular complexity index is 441. The summed E-state index contributed by atoms with van der Waals surface area (Å²) in [7, 11) is 3.64. The van der Waals surface area contributed by atoms with Crippen molar-refractivity contribution < 1.29 is 4.92 Å². The largest absolute Gasteiger partial charge is 0.377 e. The van der Waals surface area contributed by atoms with Crippen molar-refractivity contribution in [3.63, 3.8) is 0 Å². The molecular weight excluding hydrogens is 224 g/mol. The van der Waals surface area contributed by atoms with Crippen molar-refractivity contribution in [2.24, 2.45) is 0 Å². The fourth-order valence-electron chi connectivity index (χ4n) is 1.39. The molecule has 0 aliphatic rings. The van der Waals surface area contributed by atoms with E-state index in [4.69, 9.17) is 12.2 Å². The van der Waals surface area contributed by atoms with Crippen molar-refractivity contribution in [1.82, 2.24) is 4.90 Å². The molecular formula is C11H12N2O2S. The Morgan fingerprint density at radius 2 is 2.06 bits per heavy atom. The number of benzene rings is 1. The van der Waals surface area contributed by atoms with Crippen molar-refractivity contribution in [3.05, 3.63) is 46.0 Å². The minimum absolute atomic E-state index is 0.0827. The lowest BCUT2D eigenvalue weighted by Gasteiger charge is -2.16. The highest BCUT2D eigenvalue weighted by Gasteiger charge is 2.16. The summed E-state index contributed by atoms with van der Waals surface area (Å²) < 4.78 is 0. The molecule has 4 nitrogen and oxygen atoms in total. The number of hydrogen-bond donors (Lipinski definition) is 0. The first-order valence-electron chi connectivity index (χ1n) is 4.64. The van der Waals surface area contributed by atoms with Crippen LogP contribution in [-0.4, -0.2) is 29.3 Å². The van der Waals surface area contributed by atoms with E-state index >= 15 is 0 Å². The standard InChI is InChI=1S/C11H12N2O2S/c1-12(2)10(7-8-16)9-5-3-4-6-11(9)13(14)15/h3-8H,1-2H3. The molecule has 0 aliphatic heterocycles. The summed E-state index contributed by atoms with van der Waals surface area (Å²) in [6.07, 6.45) is 1.68. The van der Waals surface area contributed by atoms with E-state index < -0.39 is 4.92 Å². The molecule has 0 heterocycles. The number of para-hydroxylation sites is 1. The maximum Gasteiger partial charge on any atom is 0.278 e. The average molecular weight is 236 g/mol. The van der Waals surface area contributed by atoms with E-state index in [-0.39, 0.29) is 5.69 Å². The predicted molar refractivity (Wildman–Crippen MR) is 68.4 cm³/mol. The number of rotatable bonds is 4. The monoisotopic (exact) mass is 236 g/mol. The first-order valence-corrected chi connectivity index (χ1v) is 5.11. The van der Waals surface area contributed by atoms with Crippen LogP contribution in [0.5, 0.6) is 0 Å². The van der Waals surface area contributed by atoms with Gasteiger partial charge in [-0.25, -0.2) is 0 Å². The van der Waals surface area contributed by atoms with Gasteiger partial charge in [0.1, 0.15) is 0 Å². The quantitative estimate of drug-likeness (QED) is 0.349. The van der Waals surface area contributed by atoms with Crippen LogP contribution in [0, 0.1) is 10.1 Å². The Morgan fingerprint density at radius 3 is 2.56 bits per heavy atom. The van der Waals surface area contributed by atoms with Crippen LogP contribution >= 0.6 is 12.2 Å². The Labute approximate surface area is 99.3 Å². The van der Waals surface area contributed by atoms with Crippen molar-refractivity contribution in [3.8, 4) is 0 Å². The topological polar surface area (TPSA) is 46.4 Å². The molecule has 0 spiro atoms. The van der Waals surface area contributed by atoms with Gasteiger partial charge in [0.15, 0.2) is 0 Å². The zero-order valence-corrected chi connectivity index (χ0v) is 9.90. The van der Waals surface area contributed by atoms with E-state index in [0.29, 0.717) is 5.56 Å². The molecule has 0 aliphatic carbocycles. The lowest BCUT2D eigenvalue weighted by molar-refractivity contribution is -0.385. The van der Waals surface area contributed by atoms with E-state index in [9.17, 15) is 10.1 Å². The zero-order valence-electron chi connectivity index (χ0n) is 9.08. The first kappa shape index (κ1) is 12.3. The summed E-state index contributed by atoms with van der Waals surface area (Å²) in [5, 5.41) is 12.3. The fourth-order valence-corrected chi connectivity index (χ4v) is 1.52. The second kappa shape index (κ2) is 5.37. The Balaban J connectivity index is 3.35. The maximum atomic E-state index is 10.9. The van der Waals surface area contributed by atoms with Crippen LogP contribution in [0.4, 0.5) is 5.69 Å². The molecule has 0 amide bonds. The molecule has 0 radical (unpaired) electrons. The Kier molecular flexibility index (Phi) is 4.13. The van der Waals surface area contributed by atoms with Gasteiger partial charge in [-0.1, -0.05) is 24.4 Å². The van der Waals surface area contributed by atoms with Gasteiger partial charge in [0, 0.05) is 25.5 Å². The molecule has 0 aromatic heterocycles. The smallest absolute Gasteiger partial charge is 0.278 e. The second-order valence-electron chi connectivity index (χ2n) is 3.36. The van der Waals surface area contributed by atoms with Crippen LogP contribution in [0.1, 0.15) is 5.56 Å². The predicted octanol–water partition coefficient (Wildman–Crippen LogP) is 2.50. The molecule has 1 aromatic rings. The zero-order chi connectivity index (χ0) is 12.1. The number of nitro groups is 1. The van der Waals surface area contributed by atoms with Crippen LogP contribution in [-0.2, 0) is 0 Å². The van der Waals surface area contributed by atoms with Gasteiger partial charge in [0.25, 0.3) is 5.69 Å². The van der Waals surface area contributed by atoms with Gasteiger partial charge in [-0.15, -0.1) is 0 Å². The summed E-state index contributed by atoms with van der Waals surface area (Å²) in [6, 6.07) is 6.61. The summed E-state index contributed by atoms with van der Waals surface area (Å²) in [4.78, 5) is 12.3. The summed E-state index contributed by atoms with van der Waals surface area (Å²) >= 11 is 4.76. The molecule has 0 N–H and O–H groups in total. The molecule has 0 unspecified atom stereocenters. The Morgan fingerprint density at radius 1 is 1.44 bits per heavy atom. The van der Waals surface area contributed by atoms with Gasteiger partial charge in [-0.3, -0.25) is 10.1 Å². The van der Waals surface area contributed by atoms with Gasteiger partial charge in [0.05, 0.1) is 16.2 Å². The van der Waals surface area contributed by atoms with Crippen molar-refractivity contribution in [2.45, 2.75) is 0 Å². The van der Waals surface area contributed by atoms with E-state index in [1.54, 1.807) is 29.2 Å². The molecule has 16 heavy (non-hydrogen) atoms. The molecule has 0 atom stereocenters. The lowest BCUT2D eigenvalue weighted by Crippen LogP contribution is -2.11. The van der Waals surface area contributed by atoms with E-state index in [1.807, 2.05) is 14.1 Å². The average Bonchev–Trinajstić information content (AvgIpc) is 2.25. The normalized spacial score (nSPS) is 11.0. The molecule has 0 saturated heterocycles. The molecule has 0 saturated carbocycles. The highest BCUT2D eigenvalue weighted by atomic mass is 32.1. The Hall–Kier alpha value is -1.75. The first-order chi connectivity index (χ1) is 7.57. The molecule has 5 heteroatoms. The minimum atomic E-state index is -0.393. The van der Waals surface area contributed by atoms with Gasteiger partial charge < -0.3 is 4.90 Å². The van der Waals surface area contributed by atoms with Gasteiger partial charge in [0.2, 0.25) is 0 Å². The molecule has 0 fully saturated rings. The number of nitrogens with zero attached hydrogens (tertiary/aromatic N) is 2. The van der Waals surface area contributed by atoms with Crippen LogP contribution in [0.25, 0.3) is 5.70 Å². The van der Waals surface area contributed by atoms with Crippen LogP contribution in [0.2, 0.25) is 0 Å². The van der Waals surface area contributed by atoms with Gasteiger partial charge >= 0.3 is 0 Å². The molecule has 84 valence electrons. The third-order valence-electron chi connectivity index (χ3n) is 2.08. The number of thiocarbonyl (C=S) groups is 1. The van der Waals surface area contributed by atoms with Crippen LogP contribution < -0.4 is 0 Å². The summed E-state index contributed by atoms with van der Waals surface area (Å²) in [5.41, 5.74) is 1.38. The SMILES string of the molecule is CN(C)C(=CC=S)c1ccccc1[N+](=O)[O-]. The molecule has 1 rings (SSSR count). The number of nitro benzene ring substituents is 1. The van der Waals surface area contributed by atoms with Crippen molar-refractivity contribution >= 4 is 29.0 Å². The lowest BCUT2D eigenvalue weighted by atomic mass is 10.1. The summed E-state index contributed by atoms with van der Waals surface area (Å²) in [6.45, 7) is 0. The van der Waals surface area contributed by atoms with Crippen LogP contribution in [0.3, 0.4) is 0 Å². The second-order valence-corrected chi connectivity index (χ2v) is 3.63. The molecule has 1 aromatic carbocycles. The number of hydrogen-bond acceptors (Lipinski definition) is 4. The number of allylic oxidation sites excluding steroid dienone is 1. The van der Waals surface area contributed by atoms with E-state index in [0.717, 1.165) is 5.70 Å². The van der Waals surface area contributed by atoms with Crippen LogP contribution in [0.15, 0.2) is 30.3 Å². The fraction of sp³-hybridized carbons (Fsp3) is 0.182. The van der Waals surface area contributed by atoms with Gasteiger partial charge in [-0.2, -0.15) is 0 Å². The highest BCUT2D eigenvalue weighted by molar-refractivity contribution is 7.79. The van der Waals surface area contributed by atoms with Crippen molar-refractivity contribution in [1.29, 1.82) is 0 Å². The highest BCUT2D eigenvalue weighted by Crippen LogP contribution is 2.26. The maximum absolute atomic E-state index is 10.9. The third kappa shape index (κ3) is 2.64. The minimum Gasteiger partial charge on any atom is -0.377 e. The third-order valence-corrected chi connectivity index (χ3v) is 2.22. The van der Waals surface area contributed by atoms with E-state index in [2.05, 4.69) is 0 Å². The van der Waals surface area contributed by atoms with Crippen molar-refractivity contribution in [2.75, 3.05) is 14.1 Å². The summed E-state index contributed by atoms with van der Waals surface area (Å²) in [5.74, 6) is 0.